The smallest absolute Gasteiger partial charge is 0.249 e. The number of anilines is 1. The molecule has 0 aliphatic rings. The number of hydrogen-bond donors (Lipinski definition) is 1. The molecule has 1 amide bonds. The SMILES string of the molecule is Cc1cc(Br)c(NC(=O)C(C)n2cncn2)cc1Cl. The third kappa shape index (κ3) is 3.13. The zero-order chi connectivity index (χ0) is 14.0. The van der Waals surface area contributed by atoms with Gasteiger partial charge in [-0.3, -0.25) is 4.79 Å². The second-order valence-corrected chi connectivity index (χ2v) is 5.38. The van der Waals surface area contributed by atoms with Gasteiger partial charge in [0.15, 0.2) is 0 Å². The first-order valence-corrected chi connectivity index (χ1v) is 6.76. The van der Waals surface area contributed by atoms with Crippen LogP contribution in [0.25, 0.3) is 0 Å². The highest BCUT2D eigenvalue weighted by Gasteiger charge is 2.17. The molecule has 0 aliphatic heterocycles. The third-order valence-electron chi connectivity index (χ3n) is 2.72. The average molecular weight is 344 g/mol. The zero-order valence-corrected chi connectivity index (χ0v) is 12.7. The van der Waals surface area contributed by atoms with Gasteiger partial charge in [0.2, 0.25) is 5.91 Å². The van der Waals surface area contributed by atoms with Crippen LogP contribution in [-0.2, 0) is 4.79 Å². The summed E-state index contributed by atoms with van der Waals surface area (Å²) >= 11 is 9.45. The molecular formula is C12H12BrClN4O. The van der Waals surface area contributed by atoms with Crippen LogP contribution in [0.5, 0.6) is 0 Å². The van der Waals surface area contributed by atoms with Crippen molar-refractivity contribution in [2.75, 3.05) is 5.32 Å². The van der Waals surface area contributed by atoms with E-state index < -0.39 is 6.04 Å². The van der Waals surface area contributed by atoms with Crippen molar-refractivity contribution in [3.8, 4) is 0 Å². The molecule has 19 heavy (non-hydrogen) atoms. The van der Waals surface area contributed by atoms with E-state index >= 15 is 0 Å². The van der Waals surface area contributed by atoms with Gasteiger partial charge in [0, 0.05) is 9.50 Å². The van der Waals surface area contributed by atoms with Gasteiger partial charge in [-0.2, -0.15) is 5.10 Å². The summed E-state index contributed by atoms with van der Waals surface area (Å²) in [5, 5.41) is 7.35. The molecule has 100 valence electrons. The van der Waals surface area contributed by atoms with Crippen LogP contribution in [0.1, 0.15) is 18.5 Å². The fourth-order valence-corrected chi connectivity index (χ4v) is 2.24. The molecule has 2 aromatic rings. The number of aromatic nitrogens is 3. The van der Waals surface area contributed by atoms with E-state index in [-0.39, 0.29) is 5.91 Å². The van der Waals surface area contributed by atoms with Crippen LogP contribution in [-0.4, -0.2) is 20.7 Å². The number of benzene rings is 1. The number of carbonyl (C=O) groups excluding carboxylic acids is 1. The number of halogens is 2. The molecule has 0 fully saturated rings. The van der Waals surface area contributed by atoms with Crippen LogP contribution < -0.4 is 5.32 Å². The molecule has 7 heteroatoms. The predicted molar refractivity (Wildman–Crippen MR) is 77.3 cm³/mol. The van der Waals surface area contributed by atoms with Crippen LogP contribution in [0, 0.1) is 6.92 Å². The van der Waals surface area contributed by atoms with E-state index in [0.717, 1.165) is 10.0 Å². The van der Waals surface area contributed by atoms with Crippen LogP contribution >= 0.6 is 27.5 Å². The van der Waals surface area contributed by atoms with Crippen LogP contribution in [0.15, 0.2) is 29.3 Å². The second-order valence-electron chi connectivity index (χ2n) is 4.12. The van der Waals surface area contributed by atoms with Crippen LogP contribution in [0.2, 0.25) is 5.02 Å². The monoisotopic (exact) mass is 342 g/mol. The lowest BCUT2D eigenvalue weighted by Crippen LogP contribution is -2.24. The molecule has 1 N–H and O–H groups in total. The van der Waals surface area contributed by atoms with Gasteiger partial charge < -0.3 is 5.32 Å². The first-order chi connectivity index (χ1) is 8.99. The van der Waals surface area contributed by atoms with E-state index in [1.54, 1.807) is 13.0 Å². The van der Waals surface area contributed by atoms with Gasteiger partial charge in [-0.15, -0.1) is 0 Å². The highest BCUT2D eigenvalue weighted by molar-refractivity contribution is 9.10. The average Bonchev–Trinajstić information content (AvgIpc) is 2.88. The van der Waals surface area contributed by atoms with Crippen molar-refractivity contribution >= 4 is 39.1 Å². The molecule has 0 saturated heterocycles. The highest BCUT2D eigenvalue weighted by atomic mass is 79.9. The minimum absolute atomic E-state index is 0.189. The van der Waals surface area contributed by atoms with Gasteiger partial charge in [0.1, 0.15) is 18.7 Å². The van der Waals surface area contributed by atoms with Crippen molar-refractivity contribution in [1.29, 1.82) is 0 Å². The number of amides is 1. The molecule has 1 heterocycles. The van der Waals surface area contributed by atoms with Gasteiger partial charge in [0.25, 0.3) is 0 Å². The predicted octanol–water partition coefficient (Wildman–Crippen LogP) is 3.20. The first-order valence-electron chi connectivity index (χ1n) is 5.59. The van der Waals surface area contributed by atoms with Gasteiger partial charge in [0.05, 0.1) is 5.69 Å². The van der Waals surface area contributed by atoms with E-state index in [9.17, 15) is 4.79 Å². The van der Waals surface area contributed by atoms with Crippen molar-refractivity contribution in [2.45, 2.75) is 19.9 Å². The Morgan fingerprint density at radius 1 is 1.53 bits per heavy atom. The Bertz CT molecular complexity index is 600. The molecule has 0 radical (unpaired) electrons. The summed E-state index contributed by atoms with van der Waals surface area (Å²) in [4.78, 5) is 15.9. The minimum atomic E-state index is -0.450. The molecule has 1 atom stereocenters. The van der Waals surface area contributed by atoms with Gasteiger partial charge in [-0.25, -0.2) is 9.67 Å². The van der Waals surface area contributed by atoms with Crippen molar-refractivity contribution in [2.24, 2.45) is 0 Å². The fourth-order valence-electron chi connectivity index (χ4n) is 1.52. The molecule has 1 aromatic heterocycles. The highest BCUT2D eigenvalue weighted by Crippen LogP contribution is 2.29. The zero-order valence-electron chi connectivity index (χ0n) is 10.4. The fraction of sp³-hybridized carbons (Fsp3) is 0.250. The quantitative estimate of drug-likeness (QED) is 0.931. The molecule has 2 rings (SSSR count). The Labute approximate surface area is 124 Å². The summed E-state index contributed by atoms with van der Waals surface area (Å²) in [7, 11) is 0. The number of rotatable bonds is 3. The Kier molecular flexibility index (Phi) is 4.21. The third-order valence-corrected chi connectivity index (χ3v) is 3.78. The number of hydrogen-bond acceptors (Lipinski definition) is 3. The lowest BCUT2D eigenvalue weighted by atomic mass is 10.2. The first kappa shape index (κ1) is 14.0. The molecule has 0 saturated carbocycles. The van der Waals surface area contributed by atoms with Crippen molar-refractivity contribution < 1.29 is 4.79 Å². The number of carbonyl (C=O) groups is 1. The van der Waals surface area contributed by atoms with Crippen molar-refractivity contribution in [3.63, 3.8) is 0 Å². The van der Waals surface area contributed by atoms with E-state index in [4.69, 9.17) is 11.6 Å². The van der Waals surface area contributed by atoms with Gasteiger partial charge in [-0.1, -0.05) is 11.6 Å². The number of nitrogens with zero attached hydrogens (tertiary/aromatic N) is 3. The molecular weight excluding hydrogens is 332 g/mol. The van der Waals surface area contributed by atoms with E-state index in [1.165, 1.54) is 17.3 Å². The standard InChI is InChI=1S/C12H12BrClN4O/c1-7-3-9(13)11(4-10(7)14)17-12(19)8(2)18-6-15-5-16-18/h3-6,8H,1-2H3,(H,17,19). The minimum Gasteiger partial charge on any atom is -0.323 e. The maximum atomic E-state index is 12.1. The lowest BCUT2D eigenvalue weighted by molar-refractivity contribution is -0.119. The molecule has 0 aliphatic carbocycles. The Balaban J connectivity index is 2.17. The van der Waals surface area contributed by atoms with Crippen LogP contribution in [0.4, 0.5) is 5.69 Å². The van der Waals surface area contributed by atoms with E-state index in [1.807, 2.05) is 13.0 Å². The number of aryl methyl sites for hydroxylation is 1. The molecule has 0 bridgehead atoms. The summed E-state index contributed by atoms with van der Waals surface area (Å²) in [5.41, 5.74) is 1.57. The molecule has 0 spiro atoms. The van der Waals surface area contributed by atoms with Gasteiger partial charge >= 0.3 is 0 Å². The largest absolute Gasteiger partial charge is 0.323 e. The lowest BCUT2D eigenvalue weighted by Gasteiger charge is -2.14. The Hall–Kier alpha value is -1.40. The maximum Gasteiger partial charge on any atom is 0.249 e. The van der Waals surface area contributed by atoms with Crippen LogP contribution in [0.3, 0.4) is 0 Å². The Morgan fingerprint density at radius 2 is 2.26 bits per heavy atom. The summed E-state index contributed by atoms with van der Waals surface area (Å²) in [6.07, 6.45) is 2.89. The summed E-state index contributed by atoms with van der Waals surface area (Å²) in [6, 6.07) is 3.12. The molecule has 5 nitrogen and oxygen atoms in total. The topological polar surface area (TPSA) is 59.8 Å². The van der Waals surface area contributed by atoms with E-state index in [2.05, 4.69) is 31.3 Å². The van der Waals surface area contributed by atoms with Gasteiger partial charge in [-0.05, 0) is 47.5 Å². The molecule has 1 unspecified atom stereocenters. The maximum absolute atomic E-state index is 12.1. The molecule has 1 aromatic carbocycles. The summed E-state index contributed by atoms with van der Waals surface area (Å²) < 4.78 is 2.27. The van der Waals surface area contributed by atoms with Crippen molar-refractivity contribution in [1.82, 2.24) is 14.8 Å². The van der Waals surface area contributed by atoms with E-state index in [0.29, 0.717) is 10.7 Å². The Morgan fingerprint density at radius 3 is 2.89 bits per heavy atom. The number of nitrogens with one attached hydrogen (secondary N) is 1. The summed E-state index contributed by atoms with van der Waals surface area (Å²) in [6.45, 7) is 3.64. The second kappa shape index (κ2) is 5.71. The normalized spacial score (nSPS) is 12.2. The van der Waals surface area contributed by atoms with Crippen molar-refractivity contribution in [3.05, 3.63) is 39.8 Å². The summed E-state index contributed by atoms with van der Waals surface area (Å²) in [5.74, 6) is -0.189.